The number of carbonyl (C=O) groups is 1. The number of hydrogen-bond donors (Lipinski definition) is 1. The minimum atomic E-state index is -0.339. The zero-order valence-corrected chi connectivity index (χ0v) is 8.68. The molecule has 0 aliphatic rings. The van der Waals surface area contributed by atoms with Gasteiger partial charge in [0.1, 0.15) is 5.78 Å². The van der Waals surface area contributed by atoms with Crippen molar-refractivity contribution in [3.05, 3.63) is 0 Å². The molecule has 0 atom stereocenters. The van der Waals surface area contributed by atoms with Gasteiger partial charge in [0, 0.05) is 18.4 Å². The third kappa shape index (κ3) is 7.73. The van der Waals surface area contributed by atoms with E-state index in [1.807, 2.05) is 13.8 Å². The summed E-state index contributed by atoms with van der Waals surface area (Å²) in [5, 5.41) is 0. The van der Waals surface area contributed by atoms with Gasteiger partial charge in [0.15, 0.2) is 0 Å². The van der Waals surface area contributed by atoms with Crippen molar-refractivity contribution in [3.63, 3.8) is 0 Å². The van der Waals surface area contributed by atoms with E-state index in [-0.39, 0.29) is 11.3 Å². The Bertz CT molecular complexity index is 144. The predicted molar refractivity (Wildman–Crippen MR) is 52.0 cm³/mol. The molecular weight excluding hydrogens is 150 g/mol. The summed E-state index contributed by atoms with van der Waals surface area (Å²) in [6.45, 7) is 8.03. The zero-order valence-electron chi connectivity index (χ0n) is 8.68. The molecule has 0 saturated carbocycles. The molecule has 0 aliphatic carbocycles. The van der Waals surface area contributed by atoms with Crippen LogP contribution in [0.4, 0.5) is 0 Å². The Morgan fingerprint density at radius 1 is 1.42 bits per heavy atom. The number of rotatable bonds is 5. The van der Waals surface area contributed by atoms with Crippen LogP contribution < -0.4 is 5.73 Å². The summed E-state index contributed by atoms with van der Waals surface area (Å²) in [6.07, 6.45) is 2.16. The van der Waals surface area contributed by atoms with Crippen LogP contribution >= 0.6 is 0 Å². The summed E-state index contributed by atoms with van der Waals surface area (Å²) in [5.41, 5.74) is 5.38. The molecule has 0 aliphatic heterocycles. The summed E-state index contributed by atoms with van der Waals surface area (Å²) in [6, 6.07) is 0. The van der Waals surface area contributed by atoms with Crippen molar-refractivity contribution in [2.24, 2.45) is 11.7 Å². The summed E-state index contributed by atoms with van der Waals surface area (Å²) in [7, 11) is 0. The second kappa shape index (κ2) is 4.61. The highest BCUT2D eigenvalue weighted by atomic mass is 16.1. The molecule has 0 amide bonds. The third-order valence-corrected chi connectivity index (χ3v) is 1.65. The Hall–Kier alpha value is -0.370. The summed E-state index contributed by atoms with van der Waals surface area (Å²) >= 11 is 0. The lowest BCUT2D eigenvalue weighted by molar-refractivity contribution is -0.120. The molecule has 0 aromatic heterocycles. The van der Waals surface area contributed by atoms with Crippen molar-refractivity contribution >= 4 is 5.78 Å². The monoisotopic (exact) mass is 171 g/mol. The largest absolute Gasteiger partial charge is 0.325 e. The Labute approximate surface area is 75.5 Å². The van der Waals surface area contributed by atoms with E-state index in [2.05, 4.69) is 13.8 Å². The number of nitrogens with two attached hydrogens (primary N) is 1. The van der Waals surface area contributed by atoms with Crippen LogP contribution in [-0.2, 0) is 4.79 Å². The normalized spacial score (nSPS) is 12.2. The van der Waals surface area contributed by atoms with E-state index < -0.39 is 0 Å². The quantitative estimate of drug-likeness (QED) is 0.688. The summed E-state index contributed by atoms with van der Waals surface area (Å²) in [4.78, 5) is 11.3. The topological polar surface area (TPSA) is 43.1 Å². The van der Waals surface area contributed by atoms with Gasteiger partial charge in [-0.2, -0.15) is 0 Å². The van der Waals surface area contributed by atoms with Crippen LogP contribution in [0, 0.1) is 5.92 Å². The Kier molecular flexibility index (Phi) is 4.46. The first-order valence-corrected chi connectivity index (χ1v) is 4.62. The van der Waals surface area contributed by atoms with Crippen molar-refractivity contribution in [1.82, 2.24) is 0 Å². The molecule has 0 aromatic rings. The highest BCUT2D eigenvalue weighted by Crippen LogP contribution is 2.10. The molecule has 2 nitrogen and oxygen atoms in total. The Morgan fingerprint density at radius 2 is 1.92 bits per heavy atom. The molecule has 12 heavy (non-hydrogen) atoms. The van der Waals surface area contributed by atoms with E-state index in [0.29, 0.717) is 18.8 Å². The first-order valence-electron chi connectivity index (χ1n) is 4.62. The highest BCUT2D eigenvalue weighted by molar-refractivity contribution is 5.79. The standard InChI is InChI=1S/C10H21NO/c1-8(2)5-6-9(12)7-10(3,4)11/h8H,5-7,11H2,1-4H3. The van der Waals surface area contributed by atoms with Gasteiger partial charge in [0.05, 0.1) is 0 Å². The summed E-state index contributed by atoms with van der Waals surface area (Å²) < 4.78 is 0. The minimum Gasteiger partial charge on any atom is -0.325 e. The van der Waals surface area contributed by atoms with Gasteiger partial charge < -0.3 is 5.73 Å². The Balaban J connectivity index is 3.61. The lowest BCUT2D eigenvalue weighted by Gasteiger charge is -2.17. The molecular formula is C10H21NO. The van der Waals surface area contributed by atoms with Crippen molar-refractivity contribution in [1.29, 1.82) is 0 Å². The fourth-order valence-electron chi connectivity index (χ4n) is 1.05. The molecule has 0 saturated heterocycles. The molecule has 0 heterocycles. The van der Waals surface area contributed by atoms with E-state index >= 15 is 0 Å². The van der Waals surface area contributed by atoms with Crippen LogP contribution in [0.25, 0.3) is 0 Å². The van der Waals surface area contributed by atoms with Crippen LogP contribution in [0.5, 0.6) is 0 Å². The molecule has 0 rings (SSSR count). The molecule has 2 heteroatoms. The van der Waals surface area contributed by atoms with Gasteiger partial charge in [-0.15, -0.1) is 0 Å². The van der Waals surface area contributed by atoms with E-state index in [0.717, 1.165) is 6.42 Å². The maximum atomic E-state index is 11.3. The lowest BCUT2D eigenvalue weighted by atomic mass is 9.95. The van der Waals surface area contributed by atoms with E-state index in [4.69, 9.17) is 5.73 Å². The lowest BCUT2D eigenvalue weighted by Crippen LogP contribution is -2.34. The average molecular weight is 171 g/mol. The predicted octanol–water partition coefficient (Wildman–Crippen LogP) is 2.12. The molecule has 0 aromatic carbocycles. The maximum absolute atomic E-state index is 11.3. The molecule has 0 fully saturated rings. The molecule has 2 N–H and O–H groups in total. The average Bonchev–Trinajstić information content (AvgIpc) is 1.79. The van der Waals surface area contributed by atoms with Crippen molar-refractivity contribution in [3.8, 4) is 0 Å². The molecule has 0 radical (unpaired) electrons. The van der Waals surface area contributed by atoms with Gasteiger partial charge in [-0.05, 0) is 26.2 Å². The maximum Gasteiger partial charge on any atom is 0.134 e. The highest BCUT2D eigenvalue weighted by Gasteiger charge is 2.15. The number of Topliss-reactive ketones (excluding diaryl/α,β-unsaturated/α-hetero) is 1. The van der Waals surface area contributed by atoms with Gasteiger partial charge in [-0.25, -0.2) is 0 Å². The first kappa shape index (κ1) is 11.6. The molecule has 0 spiro atoms. The smallest absolute Gasteiger partial charge is 0.134 e. The molecule has 0 unspecified atom stereocenters. The number of hydrogen-bond acceptors (Lipinski definition) is 2. The van der Waals surface area contributed by atoms with Crippen LogP contribution in [0.3, 0.4) is 0 Å². The third-order valence-electron chi connectivity index (χ3n) is 1.65. The zero-order chi connectivity index (χ0) is 9.78. The summed E-state index contributed by atoms with van der Waals surface area (Å²) in [5.74, 6) is 0.894. The van der Waals surface area contributed by atoms with Gasteiger partial charge >= 0.3 is 0 Å². The van der Waals surface area contributed by atoms with Crippen LogP contribution in [-0.4, -0.2) is 11.3 Å². The van der Waals surface area contributed by atoms with E-state index in [1.165, 1.54) is 0 Å². The fraction of sp³-hybridized carbons (Fsp3) is 0.900. The molecule has 0 bridgehead atoms. The van der Waals surface area contributed by atoms with Gasteiger partial charge in [-0.1, -0.05) is 13.8 Å². The van der Waals surface area contributed by atoms with Gasteiger partial charge in [-0.3, -0.25) is 4.79 Å². The first-order chi connectivity index (χ1) is 5.31. The minimum absolute atomic E-state index is 0.288. The number of carbonyl (C=O) groups excluding carboxylic acids is 1. The second-order valence-electron chi connectivity index (χ2n) is 4.64. The van der Waals surface area contributed by atoms with Gasteiger partial charge in [0.2, 0.25) is 0 Å². The van der Waals surface area contributed by atoms with Crippen molar-refractivity contribution < 1.29 is 4.79 Å². The number of ketones is 1. The van der Waals surface area contributed by atoms with Gasteiger partial charge in [0.25, 0.3) is 0 Å². The Morgan fingerprint density at radius 3 is 2.25 bits per heavy atom. The van der Waals surface area contributed by atoms with Crippen molar-refractivity contribution in [2.45, 2.75) is 52.5 Å². The SMILES string of the molecule is CC(C)CCC(=O)CC(C)(C)N. The van der Waals surface area contributed by atoms with E-state index in [1.54, 1.807) is 0 Å². The fourth-order valence-corrected chi connectivity index (χ4v) is 1.05. The van der Waals surface area contributed by atoms with Crippen LogP contribution in [0.15, 0.2) is 0 Å². The van der Waals surface area contributed by atoms with Crippen LogP contribution in [0.1, 0.15) is 47.0 Å². The van der Waals surface area contributed by atoms with E-state index in [9.17, 15) is 4.79 Å². The van der Waals surface area contributed by atoms with Crippen LogP contribution in [0.2, 0.25) is 0 Å². The van der Waals surface area contributed by atoms with Crippen molar-refractivity contribution in [2.75, 3.05) is 0 Å². The second-order valence-corrected chi connectivity index (χ2v) is 4.64. The molecule has 72 valence electrons.